The topological polar surface area (TPSA) is 68.1 Å². The molecule has 1 unspecified atom stereocenters. The normalized spacial score (nSPS) is 19.4. The number of hydrogen-bond donors (Lipinski definition) is 1. The maximum absolute atomic E-state index is 10.8. The number of pyridine rings is 1. The summed E-state index contributed by atoms with van der Waals surface area (Å²) in [6.45, 7) is 0. The molecule has 16 heavy (non-hydrogen) atoms. The van der Waals surface area contributed by atoms with Crippen LogP contribution in [-0.2, 0) is 0 Å². The molecule has 2 rings (SSSR count). The van der Waals surface area contributed by atoms with Crippen LogP contribution in [0.15, 0.2) is 30.6 Å². The molecule has 0 spiro atoms. The summed E-state index contributed by atoms with van der Waals surface area (Å²) in [5.41, 5.74) is 0.595. The van der Waals surface area contributed by atoms with Crippen LogP contribution in [0.5, 0.6) is 0 Å². The number of nitrogens with one attached hydrogen (secondary N) is 1. The second-order valence-electron chi connectivity index (χ2n) is 3.78. The third-order valence-corrected chi connectivity index (χ3v) is 2.63. The van der Waals surface area contributed by atoms with E-state index in [1.54, 1.807) is 12.3 Å². The lowest BCUT2D eigenvalue weighted by atomic mass is 10.0. The third-order valence-electron chi connectivity index (χ3n) is 2.63. The van der Waals surface area contributed by atoms with E-state index in [0.29, 0.717) is 5.69 Å². The van der Waals surface area contributed by atoms with E-state index in [2.05, 4.69) is 22.5 Å². The second kappa shape index (κ2) is 4.74. The minimum atomic E-state index is -0.409. The van der Waals surface area contributed by atoms with Crippen LogP contribution in [-0.4, -0.2) is 15.9 Å². The average Bonchev–Trinajstić information content (AvgIpc) is 2.31. The van der Waals surface area contributed by atoms with Crippen molar-refractivity contribution in [1.82, 2.24) is 4.98 Å². The van der Waals surface area contributed by atoms with Crippen molar-refractivity contribution in [2.75, 3.05) is 5.32 Å². The maximum atomic E-state index is 10.8. The fraction of sp³-hybridized carbons (Fsp3) is 0.364. The summed E-state index contributed by atoms with van der Waals surface area (Å²) in [6, 6.07) is 1.93. The Balaban J connectivity index is 2.14. The van der Waals surface area contributed by atoms with Crippen LogP contribution in [0, 0.1) is 10.1 Å². The average molecular weight is 219 g/mol. The Morgan fingerprint density at radius 1 is 1.50 bits per heavy atom. The molecule has 0 bridgehead atoms. The first kappa shape index (κ1) is 10.6. The van der Waals surface area contributed by atoms with E-state index >= 15 is 0 Å². The van der Waals surface area contributed by atoms with E-state index in [1.165, 1.54) is 6.20 Å². The van der Waals surface area contributed by atoms with Crippen LogP contribution < -0.4 is 5.32 Å². The standard InChI is InChI=1S/C11H13N3O2/c15-14(16)11-8-12-7-6-10(11)13-9-4-2-1-3-5-9/h1-2,6-9H,3-5H2,(H,12,13). The van der Waals surface area contributed by atoms with Gasteiger partial charge in [0.05, 0.1) is 4.92 Å². The zero-order valence-electron chi connectivity index (χ0n) is 8.80. The lowest BCUT2D eigenvalue weighted by Gasteiger charge is -2.20. The largest absolute Gasteiger partial charge is 0.376 e. The fourth-order valence-corrected chi connectivity index (χ4v) is 1.80. The summed E-state index contributed by atoms with van der Waals surface area (Å²) in [7, 11) is 0. The summed E-state index contributed by atoms with van der Waals surface area (Å²) < 4.78 is 0. The SMILES string of the molecule is O=[N+]([O-])c1cnccc1NC1CC=CCC1. The van der Waals surface area contributed by atoms with Gasteiger partial charge in [0.1, 0.15) is 11.9 Å². The Kier molecular flexibility index (Phi) is 3.14. The van der Waals surface area contributed by atoms with Crippen LogP contribution in [0.3, 0.4) is 0 Å². The number of anilines is 1. The minimum Gasteiger partial charge on any atom is -0.376 e. The molecule has 1 aliphatic rings. The molecule has 1 heterocycles. The van der Waals surface area contributed by atoms with E-state index in [0.717, 1.165) is 19.3 Å². The number of allylic oxidation sites excluding steroid dienone is 1. The zero-order valence-corrected chi connectivity index (χ0v) is 8.80. The predicted octanol–water partition coefficient (Wildman–Crippen LogP) is 2.51. The summed E-state index contributed by atoms with van der Waals surface area (Å²) >= 11 is 0. The van der Waals surface area contributed by atoms with E-state index in [9.17, 15) is 10.1 Å². The molecule has 1 N–H and O–H groups in total. The quantitative estimate of drug-likeness (QED) is 0.482. The highest BCUT2D eigenvalue weighted by molar-refractivity contribution is 5.60. The monoisotopic (exact) mass is 219 g/mol. The van der Waals surface area contributed by atoms with Gasteiger partial charge in [0.2, 0.25) is 0 Å². The molecule has 0 saturated carbocycles. The first-order chi connectivity index (χ1) is 7.77. The van der Waals surface area contributed by atoms with Gasteiger partial charge in [-0.1, -0.05) is 12.2 Å². The third kappa shape index (κ3) is 2.36. The Bertz CT molecular complexity index is 417. The van der Waals surface area contributed by atoms with Gasteiger partial charge in [-0.2, -0.15) is 0 Å². The minimum absolute atomic E-state index is 0.0389. The van der Waals surface area contributed by atoms with Crippen molar-refractivity contribution in [1.29, 1.82) is 0 Å². The van der Waals surface area contributed by atoms with E-state index in [-0.39, 0.29) is 11.7 Å². The highest BCUT2D eigenvalue weighted by Gasteiger charge is 2.17. The van der Waals surface area contributed by atoms with Gasteiger partial charge >= 0.3 is 5.69 Å². The predicted molar refractivity (Wildman–Crippen MR) is 61.3 cm³/mol. The summed E-state index contributed by atoms with van der Waals surface area (Å²) in [5, 5.41) is 14.0. The van der Waals surface area contributed by atoms with Crippen molar-refractivity contribution < 1.29 is 4.92 Å². The molecule has 0 aliphatic heterocycles. The lowest BCUT2D eigenvalue weighted by molar-refractivity contribution is -0.384. The fourth-order valence-electron chi connectivity index (χ4n) is 1.80. The molecule has 84 valence electrons. The van der Waals surface area contributed by atoms with Crippen molar-refractivity contribution >= 4 is 11.4 Å². The van der Waals surface area contributed by atoms with E-state index < -0.39 is 4.92 Å². The maximum Gasteiger partial charge on any atom is 0.310 e. The number of nitrogens with zero attached hydrogens (tertiary/aromatic N) is 2. The van der Waals surface area contributed by atoms with Crippen molar-refractivity contribution in [3.05, 3.63) is 40.7 Å². The first-order valence-electron chi connectivity index (χ1n) is 5.27. The molecular weight excluding hydrogens is 206 g/mol. The van der Waals surface area contributed by atoms with Gasteiger partial charge in [0.15, 0.2) is 0 Å². The molecule has 0 saturated heterocycles. The van der Waals surface area contributed by atoms with Crippen molar-refractivity contribution in [3.63, 3.8) is 0 Å². The van der Waals surface area contributed by atoms with Gasteiger partial charge in [-0.05, 0) is 25.3 Å². The molecule has 0 fully saturated rings. The molecule has 5 nitrogen and oxygen atoms in total. The molecule has 0 radical (unpaired) electrons. The number of nitro groups is 1. The Labute approximate surface area is 93.3 Å². The number of aromatic nitrogens is 1. The van der Waals surface area contributed by atoms with Crippen LogP contribution in [0.1, 0.15) is 19.3 Å². The molecular formula is C11H13N3O2. The van der Waals surface area contributed by atoms with E-state index in [4.69, 9.17) is 0 Å². The summed E-state index contributed by atoms with van der Waals surface area (Å²) in [6.07, 6.45) is 10.0. The van der Waals surface area contributed by atoms with Gasteiger partial charge in [-0.25, -0.2) is 0 Å². The van der Waals surface area contributed by atoms with E-state index in [1.807, 2.05) is 0 Å². The molecule has 1 aromatic rings. The molecule has 1 aliphatic carbocycles. The Morgan fingerprint density at radius 2 is 2.38 bits per heavy atom. The number of hydrogen-bond acceptors (Lipinski definition) is 4. The van der Waals surface area contributed by atoms with Gasteiger partial charge in [0, 0.05) is 12.2 Å². The Morgan fingerprint density at radius 3 is 3.06 bits per heavy atom. The zero-order chi connectivity index (χ0) is 11.4. The first-order valence-corrected chi connectivity index (χ1v) is 5.27. The second-order valence-corrected chi connectivity index (χ2v) is 3.78. The molecule has 1 atom stereocenters. The van der Waals surface area contributed by atoms with Gasteiger partial charge in [-0.15, -0.1) is 0 Å². The Hall–Kier alpha value is -1.91. The van der Waals surface area contributed by atoms with Crippen molar-refractivity contribution in [3.8, 4) is 0 Å². The lowest BCUT2D eigenvalue weighted by Crippen LogP contribution is -2.20. The van der Waals surface area contributed by atoms with Gasteiger partial charge < -0.3 is 5.32 Å². The highest BCUT2D eigenvalue weighted by atomic mass is 16.6. The summed E-state index contributed by atoms with van der Waals surface area (Å²) in [5.74, 6) is 0. The highest BCUT2D eigenvalue weighted by Crippen LogP contribution is 2.25. The van der Waals surface area contributed by atoms with Gasteiger partial charge in [-0.3, -0.25) is 15.1 Å². The van der Waals surface area contributed by atoms with Crippen LogP contribution in [0.4, 0.5) is 11.4 Å². The smallest absolute Gasteiger partial charge is 0.310 e. The van der Waals surface area contributed by atoms with Crippen LogP contribution >= 0.6 is 0 Å². The van der Waals surface area contributed by atoms with Crippen LogP contribution in [0.2, 0.25) is 0 Å². The summed E-state index contributed by atoms with van der Waals surface area (Å²) in [4.78, 5) is 14.1. The molecule has 0 amide bonds. The molecule has 0 aromatic carbocycles. The number of rotatable bonds is 3. The van der Waals surface area contributed by atoms with Crippen LogP contribution in [0.25, 0.3) is 0 Å². The van der Waals surface area contributed by atoms with Crippen molar-refractivity contribution in [2.45, 2.75) is 25.3 Å². The molecule has 5 heteroatoms. The van der Waals surface area contributed by atoms with Crippen molar-refractivity contribution in [2.24, 2.45) is 0 Å². The van der Waals surface area contributed by atoms with Gasteiger partial charge in [0.25, 0.3) is 0 Å². The molecule has 1 aromatic heterocycles.